The van der Waals surface area contributed by atoms with Crippen LogP contribution in [-0.4, -0.2) is 16.8 Å². The Bertz CT molecular complexity index is 491. The number of hydrogen-bond acceptors (Lipinski definition) is 3. The summed E-state index contributed by atoms with van der Waals surface area (Å²) >= 11 is 4.91. The second-order valence-electron chi connectivity index (χ2n) is 3.56. The summed E-state index contributed by atoms with van der Waals surface area (Å²) in [5, 5.41) is 3.49. The molecule has 0 spiro atoms. The minimum Gasteiger partial charge on any atom is -0.387 e. The zero-order valence-electron chi connectivity index (χ0n) is 8.90. The van der Waals surface area contributed by atoms with Crippen molar-refractivity contribution in [3.8, 4) is 0 Å². The number of anilines is 1. The van der Waals surface area contributed by atoms with Crippen LogP contribution in [-0.2, 0) is 0 Å². The summed E-state index contributed by atoms with van der Waals surface area (Å²) in [6.45, 7) is 2.03. The van der Waals surface area contributed by atoms with E-state index in [9.17, 15) is 0 Å². The highest BCUT2D eigenvalue weighted by atomic mass is 32.1. The van der Waals surface area contributed by atoms with Gasteiger partial charge in [-0.05, 0) is 30.8 Å². The van der Waals surface area contributed by atoms with E-state index in [0.717, 1.165) is 17.1 Å². The van der Waals surface area contributed by atoms with E-state index in [1.807, 2.05) is 31.2 Å². The maximum Gasteiger partial charge on any atom is 0.222 e. The topological polar surface area (TPSA) is 62.8 Å². The van der Waals surface area contributed by atoms with Gasteiger partial charge >= 0.3 is 0 Å². The number of amidine groups is 2. The molecule has 0 bridgehead atoms. The van der Waals surface area contributed by atoms with E-state index < -0.39 is 0 Å². The van der Waals surface area contributed by atoms with Gasteiger partial charge in [0, 0.05) is 5.69 Å². The lowest BCUT2D eigenvalue weighted by atomic mass is 10.2. The summed E-state index contributed by atoms with van der Waals surface area (Å²) < 4.78 is 0. The molecule has 16 heavy (non-hydrogen) atoms. The number of rotatable bonds is 1. The van der Waals surface area contributed by atoms with Gasteiger partial charge in [-0.2, -0.15) is 0 Å². The van der Waals surface area contributed by atoms with Crippen molar-refractivity contribution in [2.75, 3.05) is 5.32 Å². The largest absolute Gasteiger partial charge is 0.387 e. The second kappa shape index (κ2) is 4.40. The average molecular weight is 232 g/mol. The normalized spacial score (nSPS) is 15.4. The minimum absolute atomic E-state index is 0.278. The van der Waals surface area contributed by atoms with Crippen molar-refractivity contribution in [2.24, 2.45) is 15.7 Å². The molecule has 2 rings (SSSR count). The summed E-state index contributed by atoms with van der Waals surface area (Å²) in [5.41, 5.74) is 7.81. The van der Waals surface area contributed by atoms with Gasteiger partial charge in [-0.1, -0.05) is 18.2 Å². The number of hydrogen-bond donors (Lipinski definition) is 2. The zero-order chi connectivity index (χ0) is 11.5. The molecular formula is C11H12N4S. The Morgan fingerprint density at radius 1 is 1.31 bits per heavy atom. The van der Waals surface area contributed by atoms with Gasteiger partial charge in [0.05, 0.1) is 6.42 Å². The fraction of sp³-hybridized carbons (Fsp3) is 0.182. The van der Waals surface area contributed by atoms with Crippen LogP contribution in [0.2, 0.25) is 0 Å². The molecule has 1 heterocycles. The van der Waals surface area contributed by atoms with Crippen LogP contribution < -0.4 is 11.1 Å². The van der Waals surface area contributed by atoms with Crippen LogP contribution in [0.3, 0.4) is 0 Å². The highest BCUT2D eigenvalue weighted by Gasteiger charge is 2.11. The molecule has 0 aromatic heterocycles. The molecule has 1 aromatic carbocycles. The summed E-state index contributed by atoms with van der Waals surface area (Å²) in [6.07, 6.45) is 0.508. The van der Waals surface area contributed by atoms with Crippen molar-refractivity contribution in [2.45, 2.75) is 13.3 Å². The third-order valence-corrected chi connectivity index (χ3v) is 2.43. The first-order valence-corrected chi connectivity index (χ1v) is 5.33. The summed E-state index contributed by atoms with van der Waals surface area (Å²) in [7, 11) is 0. The lowest BCUT2D eigenvalue weighted by molar-refractivity contribution is 1.33. The van der Waals surface area contributed by atoms with Crippen LogP contribution in [0.5, 0.6) is 0 Å². The van der Waals surface area contributed by atoms with E-state index in [4.69, 9.17) is 18.0 Å². The van der Waals surface area contributed by atoms with Crippen LogP contribution in [0, 0.1) is 6.92 Å². The first-order valence-electron chi connectivity index (χ1n) is 4.92. The number of nitrogens with one attached hydrogen (secondary N) is 1. The molecule has 0 unspecified atom stereocenters. The highest BCUT2D eigenvalue weighted by Crippen LogP contribution is 2.14. The Labute approximate surface area is 99.3 Å². The summed E-state index contributed by atoms with van der Waals surface area (Å²) in [6, 6.07) is 7.97. The van der Waals surface area contributed by atoms with Gasteiger partial charge in [0.25, 0.3) is 0 Å². The number of aryl methyl sites for hydroxylation is 1. The van der Waals surface area contributed by atoms with E-state index in [1.54, 1.807) is 0 Å². The third-order valence-electron chi connectivity index (χ3n) is 2.24. The van der Waals surface area contributed by atoms with Gasteiger partial charge in [0.15, 0.2) is 0 Å². The molecule has 0 amide bonds. The van der Waals surface area contributed by atoms with Crippen molar-refractivity contribution in [1.82, 2.24) is 0 Å². The van der Waals surface area contributed by atoms with E-state index in [1.165, 1.54) is 0 Å². The Kier molecular flexibility index (Phi) is 2.96. The van der Waals surface area contributed by atoms with Gasteiger partial charge in [0.2, 0.25) is 5.11 Å². The van der Waals surface area contributed by atoms with Gasteiger partial charge in [-0.25, -0.2) is 9.98 Å². The molecule has 0 saturated heterocycles. The fourth-order valence-electron chi connectivity index (χ4n) is 1.45. The van der Waals surface area contributed by atoms with E-state index in [0.29, 0.717) is 12.3 Å². The van der Waals surface area contributed by atoms with Crippen LogP contribution in [0.25, 0.3) is 0 Å². The number of para-hydroxylation sites is 1. The molecule has 5 heteroatoms. The molecule has 0 atom stereocenters. The van der Waals surface area contributed by atoms with Gasteiger partial charge < -0.3 is 11.1 Å². The lowest BCUT2D eigenvalue weighted by Gasteiger charge is -2.14. The molecule has 3 N–H and O–H groups in total. The van der Waals surface area contributed by atoms with Gasteiger partial charge in [-0.3, -0.25) is 0 Å². The molecule has 1 aliphatic rings. The molecule has 0 fully saturated rings. The Morgan fingerprint density at radius 2 is 2.06 bits per heavy atom. The number of benzene rings is 1. The Morgan fingerprint density at radius 3 is 2.75 bits per heavy atom. The fourth-order valence-corrected chi connectivity index (χ4v) is 1.68. The minimum atomic E-state index is 0.278. The van der Waals surface area contributed by atoms with E-state index in [-0.39, 0.29) is 5.11 Å². The number of aliphatic imine (C=N–C) groups is 2. The van der Waals surface area contributed by atoms with Crippen molar-refractivity contribution < 1.29 is 0 Å². The monoisotopic (exact) mass is 232 g/mol. The zero-order valence-corrected chi connectivity index (χ0v) is 9.71. The van der Waals surface area contributed by atoms with Crippen LogP contribution in [0.1, 0.15) is 12.0 Å². The quantitative estimate of drug-likeness (QED) is 0.726. The van der Waals surface area contributed by atoms with Crippen molar-refractivity contribution in [1.29, 1.82) is 0 Å². The highest BCUT2D eigenvalue weighted by molar-refractivity contribution is 7.80. The third kappa shape index (κ3) is 2.43. The molecule has 4 nitrogen and oxygen atoms in total. The number of nitrogens with two attached hydrogens (primary N) is 1. The van der Waals surface area contributed by atoms with E-state index >= 15 is 0 Å². The standard InChI is InChI=1S/C11H12N4S/c1-7-4-2-3-5-8(7)13-10-6-9(12)14-11(16)15-10/h2-5H,6H2,1H3,(H3,12,13,14,15,16). The molecule has 1 aliphatic heterocycles. The first kappa shape index (κ1) is 10.8. The maximum absolute atomic E-state index is 5.65. The maximum atomic E-state index is 5.65. The second-order valence-corrected chi connectivity index (χ2v) is 3.93. The predicted octanol–water partition coefficient (Wildman–Crippen LogP) is 1.85. The Hall–Kier alpha value is -1.75. The summed E-state index contributed by atoms with van der Waals surface area (Å²) in [5.74, 6) is 1.24. The molecule has 0 radical (unpaired) electrons. The lowest BCUT2D eigenvalue weighted by Crippen LogP contribution is -2.27. The Balaban J connectivity index is 2.18. The molecule has 0 saturated carbocycles. The summed E-state index contributed by atoms with van der Waals surface area (Å²) in [4.78, 5) is 8.03. The van der Waals surface area contributed by atoms with Crippen molar-refractivity contribution in [3.63, 3.8) is 0 Å². The number of thiocarbonyl (C=S) groups is 1. The molecular weight excluding hydrogens is 220 g/mol. The number of nitrogens with zero attached hydrogens (tertiary/aromatic N) is 2. The van der Waals surface area contributed by atoms with Gasteiger partial charge in [-0.15, -0.1) is 0 Å². The SMILES string of the molecule is Cc1ccccc1NC1=NC(=S)N=C(N)C1. The van der Waals surface area contributed by atoms with E-state index in [2.05, 4.69) is 15.3 Å². The van der Waals surface area contributed by atoms with Crippen molar-refractivity contribution >= 4 is 34.7 Å². The van der Waals surface area contributed by atoms with Crippen LogP contribution in [0.15, 0.2) is 34.3 Å². The molecule has 0 aliphatic carbocycles. The molecule has 82 valence electrons. The predicted molar refractivity (Wildman–Crippen MR) is 71.1 cm³/mol. The first-order chi connectivity index (χ1) is 7.65. The average Bonchev–Trinajstić information content (AvgIpc) is 2.20. The van der Waals surface area contributed by atoms with Gasteiger partial charge in [0.1, 0.15) is 11.7 Å². The van der Waals surface area contributed by atoms with Crippen LogP contribution >= 0.6 is 12.2 Å². The molecule has 1 aromatic rings. The van der Waals surface area contributed by atoms with Crippen LogP contribution in [0.4, 0.5) is 5.69 Å². The van der Waals surface area contributed by atoms with Crippen molar-refractivity contribution in [3.05, 3.63) is 29.8 Å². The smallest absolute Gasteiger partial charge is 0.222 e.